The number of benzene rings is 4. The lowest BCUT2D eigenvalue weighted by Crippen LogP contribution is -2.09. The van der Waals surface area contributed by atoms with Crippen LogP contribution in [0.2, 0.25) is 0 Å². The smallest absolute Gasteiger partial charge is 0.118 e. The van der Waals surface area contributed by atoms with E-state index in [1.54, 1.807) is 7.11 Å². The van der Waals surface area contributed by atoms with Crippen molar-refractivity contribution in [1.29, 1.82) is 0 Å². The molecule has 0 aliphatic rings. The van der Waals surface area contributed by atoms with Crippen molar-refractivity contribution in [2.24, 2.45) is 4.99 Å². The van der Waals surface area contributed by atoms with Crippen LogP contribution in [0.15, 0.2) is 120 Å². The average molecular weight is 392 g/mol. The van der Waals surface area contributed by atoms with Crippen molar-refractivity contribution >= 4 is 5.71 Å². The topological polar surface area (TPSA) is 21.6 Å². The number of methoxy groups -OCH3 is 1. The van der Waals surface area contributed by atoms with E-state index in [1.807, 2.05) is 24.3 Å². The zero-order chi connectivity index (χ0) is 20.6. The van der Waals surface area contributed by atoms with Crippen molar-refractivity contribution in [2.45, 2.75) is 12.5 Å². The van der Waals surface area contributed by atoms with E-state index in [4.69, 9.17) is 9.73 Å². The molecule has 0 bridgehead atoms. The summed E-state index contributed by atoms with van der Waals surface area (Å²) < 4.78 is 5.35. The molecule has 0 amide bonds. The monoisotopic (exact) mass is 391 g/mol. The maximum atomic E-state index is 5.35. The molecule has 0 saturated carbocycles. The van der Waals surface area contributed by atoms with E-state index in [2.05, 4.69) is 91.0 Å². The van der Waals surface area contributed by atoms with Crippen molar-refractivity contribution in [3.63, 3.8) is 0 Å². The normalized spacial score (nSPS) is 11.5. The summed E-state index contributed by atoms with van der Waals surface area (Å²) in [6.45, 7) is 0. The van der Waals surface area contributed by atoms with Gasteiger partial charge in [0.2, 0.25) is 0 Å². The van der Waals surface area contributed by atoms with Crippen LogP contribution in [0.1, 0.15) is 28.3 Å². The van der Waals surface area contributed by atoms with Gasteiger partial charge in [-0.05, 0) is 29.7 Å². The molecule has 0 saturated heterocycles. The minimum absolute atomic E-state index is 0.00582. The third kappa shape index (κ3) is 4.84. The minimum Gasteiger partial charge on any atom is -0.497 e. The summed E-state index contributed by atoms with van der Waals surface area (Å²) in [7, 11) is 1.69. The van der Waals surface area contributed by atoms with Crippen molar-refractivity contribution in [3.8, 4) is 5.75 Å². The van der Waals surface area contributed by atoms with E-state index >= 15 is 0 Å². The van der Waals surface area contributed by atoms with E-state index in [0.29, 0.717) is 0 Å². The molecule has 0 spiro atoms. The molecule has 4 aromatic carbocycles. The average Bonchev–Trinajstić information content (AvgIpc) is 2.83. The zero-order valence-electron chi connectivity index (χ0n) is 17.1. The Morgan fingerprint density at radius 3 is 1.67 bits per heavy atom. The molecule has 4 rings (SSSR count). The maximum absolute atomic E-state index is 5.35. The van der Waals surface area contributed by atoms with Gasteiger partial charge < -0.3 is 4.74 Å². The SMILES string of the molecule is COc1ccc(C(Cc2ccccc2)N=C(c2ccccc2)c2ccccc2)cc1. The molecule has 0 aliphatic heterocycles. The third-order valence-corrected chi connectivity index (χ3v) is 5.15. The molecule has 0 radical (unpaired) electrons. The second-order valence-electron chi connectivity index (χ2n) is 7.19. The number of nitrogens with zero attached hydrogens (tertiary/aromatic N) is 1. The summed E-state index contributed by atoms with van der Waals surface area (Å²) in [5.74, 6) is 0.854. The Hall–Kier alpha value is -3.65. The van der Waals surface area contributed by atoms with Crippen LogP contribution in [0, 0.1) is 0 Å². The predicted octanol–water partition coefficient (Wildman–Crippen LogP) is 6.52. The lowest BCUT2D eigenvalue weighted by Gasteiger charge is -2.17. The minimum atomic E-state index is -0.00582. The van der Waals surface area contributed by atoms with Gasteiger partial charge in [-0.2, -0.15) is 0 Å². The molecule has 30 heavy (non-hydrogen) atoms. The van der Waals surface area contributed by atoms with Crippen molar-refractivity contribution < 1.29 is 4.74 Å². The van der Waals surface area contributed by atoms with Gasteiger partial charge in [-0.1, -0.05) is 103 Å². The number of ether oxygens (including phenoxy) is 1. The van der Waals surface area contributed by atoms with Gasteiger partial charge in [0, 0.05) is 11.1 Å². The fourth-order valence-electron chi connectivity index (χ4n) is 3.57. The largest absolute Gasteiger partial charge is 0.497 e. The number of hydrogen-bond acceptors (Lipinski definition) is 2. The van der Waals surface area contributed by atoms with Crippen molar-refractivity contribution in [2.75, 3.05) is 7.11 Å². The summed E-state index contributed by atoms with van der Waals surface area (Å²) in [6, 6.07) is 39.6. The first-order valence-corrected chi connectivity index (χ1v) is 10.2. The number of rotatable bonds is 7. The number of hydrogen-bond donors (Lipinski definition) is 0. The van der Waals surface area contributed by atoms with Crippen molar-refractivity contribution in [3.05, 3.63) is 138 Å². The van der Waals surface area contributed by atoms with Gasteiger partial charge in [-0.25, -0.2) is 0 Å². The predicted molar refractivity (Wildman–Crippen MR) is 124 cm³/mol. The first-order chi connectivity index (χ1) is 14.8. The molecule has 0 aromatic heterocycles. The van der Waals surface area contributed by atoms with Crippen LogP contribution >= 0.6 is 0 Å². The van der Waals surface area contributed by atoms with E-state index < -0.39 is 0 Å². The van der Waals surface area contributed by atoms with Crippen LogP contribution in [-0.4, -0.2) is 12.8 Å². The Bertz CT molecular complexity index is 1030. The van der Waals surface area contributed by atoms with Crippen LogP contribution in [-0.2, 0) is 6.42 Å². The second kappa shape index (κ2) is 9.71. The Morgan fingerprint density at radius 2 is 1.17 bits per heavy atom. The maximum Gasteiger partial charge on any atom is 0.118 e. The van der Waals surface area contributed by atoms with Crippen LogP contribution in [0.5, 0.6) is 5.75 Å². The van der Waals surface area contributed by atoms with Crippen LogP contribution in [0.3, 0.4) is 0 Å². The Balaban J connectivity index is 1.81. The summed E-state index contributed by atoms with van der Waals surface area (Å²) >= 11 is 0. The van der Waals surface area contributed by atoms with Gasteiger partial charge >= 0.3 is 0 Å². The first kappa shape index (κ1) is 19.7. The van der Waals surface area contributed by atoms with Gasteiger partial charge in [-0.15, -0.1) is 0 Å². The van der Waals surface area contributed by atoms with E-state index in [9.17, 15) is 0 Å². The molecule has 0 aliphatic carbocycles. The van der Waals surface area contributed by atoms with Crippen LogP contribution in [0.25, 0.3) is 0 Å². The first-order valence-electron chi connectivity index (χ1n) is 10.2. The molecule has 0 fully saturated rings. The molecule has 1 unspecified atom stereocenters. The van der Waals surface area contributed by atoms with Gasteiger partial charge in [0.25, 0.3) is 0 Å². The Kier molecular flexibility index (Phi) is 6.36. The summed E-state index contributed by atoms with van der Waals surface area (Å²) in [5, 5.41) is 0. The fraction of sp³-hybridized carbons (Fsp3) is 0.107. The van der Waals surface area contributed by atoms with E-state index in [-0.39, 0.29) is 6.04 Å². The summed E-state index contributed by atoms with van der Waals surface area (Å²) in [5.41, 5.74) is 5.69. The summed E-state index contributed by atoms with van der Waals surface area (Å²) in [6.07, 6.45) is 0.830. The highest BCUT2D eigenvalue weighted by atomic mass is 16.5. The van der Waals surface area contributed by atoms with E-state index in [1.165, 1.54) is 11.1 Å². The quantitative estimate of drug-likeness (QED) is 0.329. The van der Waals surface area contributed by atoms with Crippen LogP contribution in [0.4, 0.5) is 0 Å². The molecule has 148 valence electrons. The molecular weight excluding hydrogens is 366 g/mol. The zero-order valence-corrected chi connectivity index (χ0v) is 17.1. The number of aliphatic imine (C=N–C) groups is 1. The standard InChI is InChI=1S/C28H25NO/c1-30-26-19-17-23(18-20-26)27(21-22-11-5-2-6-12-22)29-28(24-13-7-3-8-14-24)25-15-9-4-10-16-25/h2-20,27H,21H2,1H3. The van der Waals surface area contributed by atoms with Gasteiger partial charge in [0.15, 0.2) is 0 Å². The second-order valence-corrected chi connectivity index (χ2v) is 7.19. The highest BCUT2D eigenvalue weighted by molar-refractivity contribution is 6.13. The highest BCUT2D eigenvalue weighted by Gasteiger charge is 2.15. The Labute approximate surface area is 178 Å². The molecule has 0 N–H and O–H groups in total. The highest BCUT2D eigenvalue weighted by Crippen LogP contribution is 2.27. The molecular formula is C28H25NO. The molecule has 4 aromatic rings. The van der Waals surface area contributed by atoms with Crippen LogP contribution < -0.4 is 4.74 Å². The Morgan fingerprint density at radius 1 is 0.667 bits per heavy atom. The van der Waals surface area contributed by atoms with E-state index in [0.717, 1.165) is 29.0 Å². The van der Waals surface area contributed by atoms with Gasteiger partial charge in [0.05, 0.1) is 18.9 Å². The molecule has 1 atom stereocenters. The fourth-order valence-corrected chi connectivity index (χ4v) is 3.57. The summed E-state index contributed by atoms with van der Waals surface area (Å²) in [4.78, 5) is 5.31. The lowest BCUT2D eigenvalue weighted by molar-refractivity contribution is 0.414. The molecule has 0 heterocycles. The van der Waals surface area contributed by atoms with Crippen molar-refractivity contribution in [1.82, 2.24) is 0 Å². The molecule has 2 nitrogen and oxygen atoms in total. The van der Waals surface area contributed by atoms with Gasteiger partial charge in [0.1, 0.15) is 5.75 Å². The third-order valence-electron chi connectivity index (χ3n) is 5.15. The van der Waals surface area contributed by atoms with Gasteiger partial charge in [-0.3, -0.25) is 4.99 Å². The lowest BCUT2D eigenvalue weighted by atomic mass is 9.97. The molecule has 2 heteroatoms.